The van der Waals surface area contributed by atoms with Crippen LogP contribution in [0, 0.1) is 11.8 Å². The van der Waals surface area contributed by atoms with Gasteiger partial charge in [0.05, 0.1) is 6.61 Å². The fourth-order valence-corrected chi connectivity index (χ4v) is 1.48. The predicted octanol–water partition coefficient (Wildman–Crippen LogP) is 1.63. The summed E-state index contributed by atoms with van der Waals surface area (Å²) in [6.45, 7) is 4.37. The molecule has 2 amide bonds. The lowest BCUT2D eigenvalue weighted by atomic mass is 10.1. The van der Waals surface area contributed by atoms with E-state index in [2.05, 4.69) is 22.5 Å². The van der Waals surface area contributed by atoms with E-state index in [0.717, 1.165) is 11.1 Å². The van der Waals surface area contributed by atoms with Crippen molar-refractivity contribution in [1.82, 2.24) is 10.6 Å². The number of aliphatic hydroxyl groups excluding tert-OH is 1. The topological polar surface area (TPSA) is 61.4 Å². The normalized spacial score (nSPS) is 9.68. The van der Waals surface area contributed by atoms with Gasteiger partial charge in [-0.15, -0.1) is 0 Å². The highest BCUT2D eigenvalue weighted by molar-refractivity contribution is 5.74. The van der Waals surface area contributed by atoms with Gasteiger partial charge in [-0.05, 0) is 31.5 Å². The van der Waals surface area contributed by atoms with Crippen LogP contribution in [0.25, 0.3) is 0 Å². The second-order valence-corrected chi connectivity index (χ2v) is 4.46. The molecule has 0 unspecified atom stereocenters. The molecule has 1 rings (SSSR count). The first-order chi connectivity index (χ1) is 9.11. The summed E-state index contributed by atoms with van der Waals surface area (Å²) in [5.74, 6) is 5.84. The summed E-state index contributed by atoms with van der Waals surface area (Å²) in [6.07, 6.45) is 0.471. The van der Waals surface area contributed by atoms with Crippen LogP contribution in [0.1, 0.15) is 31.4 Å². The standard InChI is InChI=1S/C15H20N2O2/c1-12(2)17-15(19)16-11-14-8-5-7-13(10-14)6-3-4-9-18/h5,7-8,10,12,18H,4,9,11H2,1-2H3,(H2,16,17,19). The van der Waals surface area contributed by atoms with Crippen LogP contribution in [0.4, 0.5) is 4.79 Å². The van der Waals surface area contributed by atoms with Gasteiger partial charge >= 0.3 is 6.03 Å². The highest BCUT2D eigenvalue weighted by Gasteiger charge is 2.02. The summed E-state index contributed by atoms with van der Waals surface area (Å²) in [7, 11) is 0. The Hall–Kier alpha value is -1.99. The Morgan fingerprint density at radius 2 is 2.21 bits per heavy atom. The summed E-state index contributed by atoms with van der Waals surface area (Å²) in [6, 6.07) is 7.62. The summed E-state index contributed by atoms with van der Waals surface area (Å²) < 4.78 is 0. The molecule has 1 aromatic rings. The minimum atomic E-state index is -0.174. The SMILES string of the molecule is CC(C)NC(=O)NCc1cccc(C#CCCO)c1. The van der Waals surface area contributed by atoms with E-state index in [4.69, 9.17) is 5.11 Å². The van der Waals surface area contributed by atoms with E-state index < -0.39 is 0 Å². The van der Waals surface area contributed by atoms with Gasteiger partial charge in [-0.2, -0.15) is 0 Å². The first kappa shape index (κ1) is 15.1. The van der Waals surface area contributed by atoms with Crippen LogP contribution >= 0.6 is 0 Å². The van der Waals surface area contributed by atoms with Crippen LogP contribution in [0.5, 0.6) is 0 Å². The molecule has 0 radical (unpaired) electrons. The third-order valence-corrected chi connectivity index (χ3v) is 2.27. The summed E-state index contributed by atoms with van der Waals surface area (Å²) in [4.78, 5) is 11.4. The molecule has 4 heteroatoms. The minimum Gasteiger partial charge on any atom is -0.395 e. The van der Waals surface area contributed by atoms with Crippen molar-refractivity contribution in [2.24, 2.45) is 0 Å². The molecule has 0 saturated heterocycles. The Morgan fingerprint density at radius 1 is 1.42 bits per heavy atom. The van der Waals surface area contributed by atoms with Gasteiger partial charge < -0.3 is 15.7 Å². The zero-order valence-corrected chi connectivity index (χ0v) is 11.4. The molecule has 19 heavy (non-hydrogen) atoms. The number of benzene rings is 1. The van der Waals surface area contributed by atoms with E-state index >= 15 is 0 Å². The van der Waals surface area contributed by atoms with Gasteiger partial charge in [-0.3, -0.25) is 0 Å². The zero-order valence-electron chi connectivity index (χ0n) is 11.4. The zero-order chi connectivity index (χ0) is 14.1. The molecule has 0 aliphatic rings. The molecule has 0 aliphatic heterocycles. The van der Waals surface area contributed by atoms with Crippen molar-refractivity contribution in [3.63, 3.8) is 0 Å². The van der Waals surface area contributed by atoms with Gasteiger partial charge in [0.15, 0.2) is 0 Å². The van der Waals surface area contributed by atoms with Crippen LogP contribution in [0.3, 0.4) is 0 Å². The van der Waals surface area contributed by atoms with E-state index in [1.165, 1.54) is 0 Å². The third-order valence-electron chi connectivity index (χ3n) is 2.27. The van der Waals surface area contributed by atoms with E-state index in [0.29, 0.717) is 13.0 Å². The van der Waals surface area contributed by atoms with Crippen molar-refractivity contribution in [3.05, 3.63) is 35.4 Å². The van der Waals surface area contributed by atoms with Crippen molar-refractivity contribution < 1.29 is 9.90 Å². The molecule has 1 aromatic carbocycles. The molecule has 0 fully saturated rings. The van der Waals surface area contributed by atoms with E-state index in [1.54, 1.807) is 0 Å². The van der Waals surface area contributed by atoms with Crippen molar-refractivity contribution in [1.29, 1.82) is 0 Å². The smallest absolute Gasteiger partial charge is 0.315 e. The molecule has 102 valence electrons. The number of carbonyl (C=O) groups is 1. The van der Waals surface area contributed by atoms with Crippen molar-refractivity contribution in [2.75, 3.05) is 6.61 Å². The van der Waals surface area contributed by atoms with Crippen LogP contribution in [-0.4, -0.2) is 23.8 Å². The largest absolute Gasteiger partial charge is 0.395 e. The van der Waals surface area contributed by atoms with Gasteiger partial charge in [0.1, 0.15) is 0 Å². The molecule has 0 aromatic heterocycles. The third kappa shape index (κ3) is 6.49. The maximum Gasteiger partial charge on any atom is 0.315 e. The van der Waals surface area contributed by atoms with Crippen LogP contribution in [0.2, 0.25) is 0 Å². The molecule has 4 nitrogen and oxygen atoms in total. The lowest BCUT2D eigenvalue weighted by molar-refractivity contribution is 0.238. The highest BCUT2D eigenvalue weighted by atomic mass is 16.2. The second kappa shape index (κ2) is 8.17. The molecule has 0 aliphatic carbocycles. The number of aliphatic hydroxyl groups is 1. The quantitative estimate of drug-likeness (QED) is 0.721. The molecule has 0 heterocycles. The van der Waals surface area contributed by atoms with Crippen LogP contribution < -0.4 is 10.6 Å². The molecular weight excluding hydrogens is 240 g/mol. The van der Waals surface area contributed by atoms with E-state index in [-0.39, 0.29) is 18.7 Å². The predicted molar refractivity (Wildman–Crippen MR) is 75.5 cm³/mol. The number of carbonyl (C=O) groups excluding carboxylic acids is 1. The van der Waals surface area contributed by atoms with Crippen LogP contribution in [0.15, 0.2) is 24.3 Å². The first-order valence-corrected chi connectivity index (χ1v) is 6.35. The van der Waals surface area contributed by atoms with Crippen LogP contribution in [-0.2, 0) is 6.54 Å². The Balaban J connectivity index is 2.53. The highest BCUT2D eigenvalue weighted by Crippen LogP contribution is 2.03. The Bertz CT molecular complexity index is 473. The van der Waals surface area contributed by atoms with Gasteiger partial charge in [0, 0.05) is 24.6 Å². The average molecular weight is 260 g/mol. The van der Waals surface area contributed by atoms with Gasteiger partial charge in [0.2, 0.25) is 0 Å². The lowest BCUT2D eigenvalue weighted by Gasteiger charge is -2.10. The van der Waals surface area contributed by atoms with E-state index in [1.807, 2.05) is 38.1 Å². The lowest BCUT2D eigenvalue weighted by Crippen LogP contribution is -2.39. The number of rotatable bonds is 4. The molecule has 0 spiro atoms. The fraction of sp³-hybridized carbons (Fsp3) is 0.400. The van der Waals surface area contributed by atoms with Gasteiger partial charge in [-0.25, -0.2) is 4.79 Å². The number of urea groups is 1. The Labute approximate surface area is 114 Å². The second-order valence-electron chi connectivity index (χ2n) is 4.46. The monoisotopic (exact) mass is 260 g/mol. The fourth-order valence-electron chi connectivity index (χ4n) is 1.48. The van der Waals surface area contributed by atoms with Crippen molar-refractivity contribution in [2.45, 2.75) is 32.9 Å². The summed E-state index contributed by atoms with van der Waals surface area (Å²) in [5, 5.41) is 14.2. The van der Waals surface area contributed by atoms with Gasteiger partial charge in [-0.1, -0.05) is 24.0 Å². The van der Waals surface area contributed by atoms with Crippen molar-refractivity contribution in [3.8, 4) is 11.8 Å². The first-order valence-electron chi connectivity index (χ1n) is 6.35. The maximum absolute atomic E-state index is 11.4. The number of hydrogen-bond donors (Lipinski definition) is 3. The number of hydrogen-bond acceptors (Lipinski definition) is 2. The molecule has 0 atom stereocenters. The minimum absolute atomic E-state index is 0.0730. The maximum atomic E-state index is 11.4. The Kier molecular flexibility index (Phi) is 6.48. The molecule has 0 saturated carbocycles. The molecular formula is C15H20N2O2. The van der Waals surface area contributed by atoms with E-state index in [9.17, 15) is 4.79 Å². The average Bonchev–Trinajstić information content (AvgIpc) is 2.36. The molecule has 0 bridgehead atoms. The summed E-state index contributed by atoms with van der Waals surface area (Å²) in [5.41, 5.74) is 1.88. The van der Waals surface area contributed by atoms with Crippen molar-refractivity contribution >= 4 is 6.03 Å². The Morgan fingerprint density at radius 3 is 2.89 bits per heavy atom. The summed E-state index contributed by atoms with van der Waals surface area (Å²) >= 11 is 0. The number of amides is 2. The molecule has 3 N–H and O–H groups in total. The van der Waals surface area contributed by atoms with Gasteiger partial charge in [0.25, 0.3) is 0 Å². The number of nitrogens with one attached hydrogen (secondary N) is 2.